The van der Waals surface area contributed by atoms with E-state index in [0.29, 0.717) is 0 Å². The maximum Gasteiger partial charge on any atom is 0.223 e. The van der Waals surface area contributed by atoms with Gasteiger partial charge in [-0.3, -0.25) is 4.79 Å². The highest BCUT2D eigenvalue weighted by Crippen LogP contribution is 2.31. The average molecular weight is 294 g/mol. The minimum absolute atomic E-state index is 0.118. The minimum Gasteiger partial charge on any atom is -0.379 e. The Labute approximate surface area is 132 Å². The number of carbonyl (C=O) groups is 1. The summed E-state index contributed by atoms with van der Waals surface area (Å²) in [5, 5.41) is 3.56. The summed E-state index contributed by atoms with van der Waals surface area (Å²) in [4.78, 5) is 13.4. The number of nitrogens with one attached hydrogen (secondary N) is 1. The Morgan fingerprint density at radius 1 is 1.23 bits per heavy atom. The molecule has 22 heavy (non-hydrogen) atoms. The smallest absolute Gasteiger partial charge is 0.223 e. The highest BCUT2D eigenvalue weighted by atomic mass is 16.2. The number of carbonyl (C=O) groups excluding carboxylic acids is 1. The second-order valence-electron chi connectivity index (χ2n) is 6.04. The van der Waals surface area contributed by atoms with E-state index in [1.165, 1.54) is 16.7 Å². The highest BCUT2D eigenvalue weighted by molar-refractivity contribution is 5.94. The van der Waals surface area contributed by atoms with Crippen molar-refractivity contribution >= 4 is 17.3 Å². The number of hydrogen-bond donors (Lipinski definition) is 1. The van der Waals surface area contributed by atoms with E-state index in [1.807, 2.05) is 4.90 Å². The van der Waals surface area contributed by atoms with Gasteiger partial charge >= 0.3 is 0 Å². The highest BCUT2D eigenvalue weighted by Gasteiger charge is 2.22. The first-order valence-electron chi connectivity index (χ1n) is 7.79. The van der Waals surface area contributed by atoms with Gasteiger partial charge in [0.2, 0.25) is 5.91 Å². The van der Waals surface area contributed by atoms with Gasteiger partial charge in [0.15, 0.2) is 0 Å². The van der Waals surface area contributed by atoms with Crippen LogP contribution in [0, 0.1) is 6.92 Å². The maximum absolute atomic E-state index is 11.6. The van der Waals surface area contributed by atoms with Crippen molar-refractivity contribution in [1.29, 1.82) is 0 Å². The Morgan fingerprint density at radius 2 is 2.05 bits per heavy atom. The zero-order valence-corrected chi connectivity index (χ0v) is 13.4. The fraction of sp³-hybridized carbons (Fsp3) is 0.316. The van der Waals surface area contributed by atoms with Crippen LogP contribution in [0.4, 0.5) is 11.4 Å². The quantitative estimate of drug-likeness (QED) is 0.925. The van der Waals surface area contributed by atoms with Gasteiger partial charge in [-0.15, -0.1) is 0 Å². The second kappa shape index (κ2) is 5.84. The molecule has 0 radical (unpaired) electrons. The minimum atomic E-state index is 0.118. The van der Waals surface area contributed by atoms with E-state index in [0.717, 1.165) is 24.3 Å². The predicted octanol–water partition coefficient (Wildman–Crippen LogP) is 4.08. The van der Waals surface area contributed by atoms with E-state index in [2.05, 4.69) is 61.6 Å². The normalized spacial score (nSPS) is 14.6. The van der Waals surface area contributed by atoms with Gasteiger partial charge in [-0.05, 0) is 49.6 Å². The van der Waals surface area contributed by atoms with Crippen LogP contribution in [0.5, 0.6) is 0 Å². The molecule has 1 aliphatic rings. The summed E-state index contributed by atoms with van der Waals surface area (Å²) in [5.74, 6) is 0.118. The number of amides is 1. The number of benzene rings is 2. The number of nitrogens with zero attached hydrogens (tertiary/aromatic N) is 1. The average Bonchev–Trinajstić information content (AvgIpc) is 2.90. The third kappa shape index (κ3) is 2.84. The van der Waals surface area contributed by atoms with E-state index in [-0.39, 0.29) is 11.9 Å². The van der Waals surface area contributed by atoms with Crippen molar-refractivity contribution in [3.8, 4) is 0 Å². The summed E-state index contributed by atoms with van der Waals surface area (Å²) in [7, 11) is 0. The Kier molecular flexibility index (Phi) is 3.88. The maximum atomic E-state index is 11.6. The standard InChI is InChI=1S/C19H22N2O/c1-13-5-4-6-16(11-13)14(2)20-18-7-8-19-17(12-18)9-10-21(19)15(3)22/h4-8,11-12,14,20H,9-10H2,1-3H3/t14-/m1/s1. The van der Waals surface area contributed by atoms with Gasteiger partial charge < -0.3 is 10.2 Å². The predicted molar refractivity (Wildman–Crippen MR) is 91.4 cm³/mol. The number of aryl methyl sites for hydroxylation is 1. The number of anilines is 2. The molecule has 0 spiro atoms. The summed E-state index contributed by atoms with van der Waals surface area (Å²) in [6, 6.07) is 15.1. The van der Waals surface area contributed by atoms with Crippen LogP contribution < -0.4 is 10.2 Å². The van der Waals surface area contributed by atoms with Crippen LogP contribution in [0.2, 0.25) is 0 Å². The van der Waals surface area contributed by atoms with Gasteiger partial charge in [0, 0.05) is 30.9 Å². The molecule has 3 rings (SSSR count). The fourth-order valence-corrected chi connectivity index (χ4v) is 3.09. The van der Waals surface area contributed by atoms with Crippen molar-refractivity contribution in [3.05, 3.63) is 59.2 Å². The molecule has 1 atom stereocenters. The summed E-state index contributed by atoms with van der Waals surface area (Å²) < 4.78 is 0. The molecule has 0 saturated heterocycles. The SMILES string of the molecule is CC(=O)N1CCc2cc(N[C@H](C)c3cccc(C)c3)ccc21. The molecular weight excluding hydrogens is 272 g/mol. The number of rotatable bonds is 3. The lowest BCUT2D eigenvalue weighted by Crippen LogP contribution is -2.25. The van der Waals surface area contributed by atoms with Crippen LogP contribution in [0.25, 0.3) is 0 Å². The molecule has 0 bridgehead atoms. The van der Waals surface area contributed by atoms with E-state index in [4.69, 9.17) is 0 Å². The summed E-state index contributed by atoms with van der Waals surface area (Å²) >= 11 is 0. The molecule has 1 amide bonds. The fourth-order valence-electron chi connectivity index (χ4n) is 3.09. The largest absolute Gasteiger partial charge is 0.379 e. The van der Waals surface area contributed by atoms with Crippen molar-refractivity contribution in [1.82, 2.24) is 0 Å². The Balaban J connectivity index is 1.78. The van der Waals surface area contributed by atoms with Crippen molar-refractivity contribution in [2.24, 2.45) is 0 Å². The van der Waals surface area contributed by atoms with Crippen LogP contribution >= 0.6 is 0 Å². The van der Waals surface area contributed by atoms with Crippen LogP contribution in [0.1, 0.15) is 36.6 Å². The zero-order valence-electron chi connectivity index (χ0n) is 13.4. The van der Waals surface area contributed by atoms with Crippen molar-refractivity contribution < 1.29 is 4.79 Å². The van der Waals surface area contributed by atoms with Gasteiger partial charge in [-0.2, -0.15) is 0 Å². The van der Waals surface area contributed by atoms with E-state index in [9.17, 15) is 4.79 Å². The van der Waals surface area contributed by atoms with Gasteiger partial charge in [0.25, 0.3) is 0 Å². The Hall–Kier alpha value is -2.29. The zero-order chi connectivity index (χ0) is 15.7. The molecule has 1 N–H and O–H groups in total. The van der Waals surface area contributed by atoms with Crippen LogP contribution in [-0.4, -0.2) is 12.5 Å². The lowest BCUT2D eigenvalue weighted by Gasteiger charge is -2.18. The van der Waals surface area contributed by atoms with Gasteiger partial charge in [-0.1, -0.05) is 29.8 Å². The summed E-state index contributed by atoms with van der Waals surface area (Å²) in [6.45, 7) is 6.70. The van der Waals surface area contributed by atoms with Crippen molar-refractivity contribution in [2.45, 2.75) is 33.2 Å². The number of hydrogen-bond acceptors (Lipinski definition) is 2. The molecule has 0 saturated carbocycles. The van der Waals surface area contributed by atoms with E-state index >= 15 is 0 Å². The molecule has 1 aliphatic heterocycles. The van der Waals surface area contributed by atoms with Gasteiger partial charge in [-0.25, -0.2) is 0 Å². The lowest BCUT2D eigenvalue weighted by atomic mass is 10.0. The first-order valence-corrected chi connectivity index (χ1v) is 7.79. The molecule has 3 nitrogen and oxygen atoms in total. The molecule has 0 fully saturated rings. The third-order valence-corrected chi connectivity index (χ3v) is 4.28. The molecule has 0 unspecified atom stereocenters. The monoisotopic (exact) mass is 294 g/mol. The Bertz CT molecular complexity index is 708. The Morgan fingerprint density at radius 3 is 2.77 bits per heavy atom. The molecule has 0 aromatic heterocycles. The molecule has 0 aliphatic carbocycles. The molecule has 2 aromatic carbocycles. The van der Waals surface area contributed by atoms with Gasteiger partial charge in [0.1, 0.15) is 0 Å². The first-order chi connectivity index (χ1) is 10.5. The third-order valence-electron chi connectivity index (χ3n) is 4.28. The topological polar surface area (TPSA) is 32.3 Å². The lowest BCUT2D eigenvalue weighted by molar-refractivity contribution is -0.116. The molecular formula is C19H22N2O. The molecule has 114 valence electrons. The summed E-state index contributed by atoms with van der Waals surface area (Å²) in [6.07, 6.45) is 0.934. The van der Waals surface area contributed by atoms with E-state index < -0.39 is 0 Å². The van der Waals surface area contributed by atoms with Crippen LogP contribution in [-0.2, 0) is 11.2 Å². The molecule has 2 aromatic rings. The van der Waals surface area contributed by atoms with Crippen molar-refractivity contribution in [3.63, 3.8) is 0 Å². The molecule has 3 heteroatoms. The van der Waals surface area contributed by atoms with E-state index in [1.54, 1.807) is 6.92 Å². The van der Waals surface area contributed by atoms with Crippen molar-refractivity contribution in [2.75, 3.05) is 16.8 Å². The second-order valence-corrected chi connectivity index (χ2v) is 6.04. The first kappa shape index (κ1) is 14.6. The summed E-state index contributed by atoms with van der Waals surface area (Å²) in [5.41, 5.74) is 5.97. The van der Waals surface area contributed by atoms with Crippen LogP contribution in [0.15, 0.2) is 42.5 Å². The molecule has 1 heterocycles. The van der Waals surface area contributed by atoms with Gasteiger partial charge in [0.05, 0.1) is 0 Å². The number of fused-ring (bicyclic) bond motifs is 1. The van der Waals surface area contributed by atoms with Crippen LogP contribution in [0.3, 0.4) is 0 Å².